The third-order valence-electron chi connectivity index (χ3n) is 2.28. The maximum atomic E-state index is 11.5. The highest BCUT2D eigenvalue weighted by atomic mass is 32.1. The number of carboxylic acids is 1. The Morgan fingerprint density at radius 3 is 2.78 bits per heavy atom. The van der Waals surface area contributed by atoms with Crippen molar-refractivity contribution < 1.29 is 19.8 Å². The van der Waals surface area contributed by atoms with Gasteiger partial charge in [-0.2, -0.15) is 0 Å². The van der Waals surface area contributed by atoms with E-state index in [1.807, 2.05) is 6.92 Å². The van der Waals surface area contributed by atoms with Gasteiger partial charge in [-0.05, 0) is 6.92 Å². The van der Waals surface area contributed by atoms with E-state index in [-0.39, 0.29) is 13.0 Å². The minimum absolute atomic E-state index is 0.0255. The number of rotatable bonds is 6. The van der Waals surface area contributed by atoms with Crippen LogP contribution >= 0.6 is 11.3 Å². The molecule has 0 aliphatic rings. The average Bonchev–Trinajstić information content (AvgIpc) is 2.71. The minimum atomic E-state index is -1.17. The van der Waals surface area contributed by atoms with E-state index in [2.05, 4.69) is 15.6 Å². The zero-order valence-corrected chi connectivity index (χ0v) is 10.7. The molecule has 2 amide bonds. The van der Waals surface area contributed by atoms with E-state index < -0.39 is 18.0 Å². The van der Waals surface area contributed by atoms with Crippen LogP contribution in [0, 0.1) is 6.92 Å². The fraction of sp³-hybridized carbons (Fsp3) is 0.500. The van der Waals surface area contributed by atoms with Gasteiger partial charge in [0.15, 0.2) is 0 Å². The molecule has 0 saturated carbocycles. The van der Waals surface area contributed by atoms with Crippen molar-refractivity contribution in [2.45, 2.75) is 25.9 Å². The van der Waals surface area contributed by atoms with Crippen molar-refractivity contribution in [1.82, 2.24) is 15.6 Å². The predicted molar refractivity (Wildman–Crippen MR) is 65.3 cm³/mol. The summed E-state index contributed by atoms with van der Waals surface area (Å²) in [6, 6.07) is -1.67. The number of nitrogens with zero attached hydrogens (tertiary/aromatic N) is 1. The summed E-state index contributed by atoms with van der Waals surface area (Å²) in [6.07, 6.45) is -0.0255. The van der Waals surface area contributed by atoms with Gasteiger partial charge in [0.25, 0.3) is 0 Å². The number of hydrogen-bond acceptors (Lipinski definition) is 5. The second kappa shape index (κ2) is 6.92. The fourth-order valence-electron chi connectivity index (χ4n) is 1.25. The molecule has 0 radical (unpaired) electrons. The first-order valence-electron chi connectivity index (χ1n) is 5.31. The SMILES string of the molecule is Cc1ncsc1CNC(=O)N[C@@H](CCO)C(=O)O. The van der Waals surface area contributed by atoms with Crippen LogP contribution in [0.3, 0.4) is 0 Å². The van der Waals surface area contributed by atoms with Crippen LogP contribution in [0.25, 0.3) is 0 Å². The van der Waals surface area contributed by atoms with Crippen molar-refractivity contribution in [3.05, 3.63) is 16.1 Å². The molecule has 0 spiro atoms. The standard InChI is InChI=1S/C10H15N3O4S/c1-6-8(18-5-12-6)4-11-10(17)13-7(2-3-14)9(15)16/h5,7,14H,2-4H2,1H3,(H,15,16)(H2,11,13,17)/t7-/m0/s1. The van der Waals surface area contributed by atoms with Gasteiger partial charge < -0.3 is 20.8 Å². The van der Waals surface area contributed by atoms with Crippen molar-refractivity contribution >= 4 is 23.3 Å². The Bertz CT molecular complexity index is 421. The highest BCUT2D eigenvalue weighted by molar-refractivity contribution is 7.09. The maximum absolute atomic E-state index is 11.5. The number of aliphatic hydroxyl groups is 1. The zero-order valence-electron chi connectivity index (χ0n) is 9.84. The Morgan fingerprint density at radius 1 is 1.56 bits per heavy atom. The second-order valence-corrected chi connectivity index (χ2v) is 4.53. The summed E-state index contributed by atoms with van der Waals surface area (Å²) >= 11 is 1.42. The number of aromatic nitrogens is 1. The van der Waals surface area contributed by atoms with E-state index in [4.69, 9.17) is 10.2 Å². The van der Waals surface area contributed by atoms with Crippen LogP contribution in [0.15, 0.2) is 5.51 Å². The lowest BCUT2D eigenvalue weighted by molar-refractivity contribution is -0.139. The fourth-order valence-corrected chi connectivity index (χ4v) is 1.97. The van der Waals surface area contributed by atoms with Gasteiger partial charge >= 0.3 is 12.0 Å². The molecule has 0 saturated heterocycles. The van der Waals surface area contributed by atoms with E-state index in [1.54, 1.807) is 5.51 Å². The number of hydrogen-bond donors (Lipinski definition) is 4. The van der Waals surface area contributed by atoms with Crippen molar-refractivity contribution in [2.24, 2.45) is 0 Å². The molecule has 100 valence electrons. The number of urea groups is 1. The topological polar surface area (TPSA) is 112 Å². The molecule has 0 bridgehead atoms. The number of carboxylic acid groups (broad SMARTS) is 1. The van der Waals surface area contributed by atoms with Crippen LogP contribution in [0.5, 0.6) is 0 Å². The van der Waals surface area contributed by atoms with Gasteiger partial charge in [-0.25, -0.2) is 14.6 Å². The molecule has 1 aromatic rings. The third-order valence-corrected chi connectivity index (χ3v) is 3.21. The van der Waals surface area contributed by atoms with E-state index in [0.717, 1.165) is 10.6 Å². The Kier molecular flexibility index (Phi) is 5.53. The first-order valence-corrected chi connectivity index (χ1v) is 6.19. The molecule has 0 aromatic carbocycles. The third kappa shape index (κ3) is 4.30. The summed E-state index contributed by atoms with van der Waals surface area (Å²) in [5.41, 5.74) is 2.52. The second-order valence-electron chi connectivity index (χ2n) is 3.59. The van der Waals surface area contributed by atoms with Crippen LogP contribution in [0.2, 0.25) is 0 Å². The Hall–Kier alpha value is -1.67. The summed E-state index contributed by atoms with van der Waals surface area (Å²) in [5.74, 6) is -1.17. The van der Waals surface area contributed by atoms with Gasteiger partial charge in [-0.15, -0.1) is 11.3 Å². The normalized spacial score (nSPS) is 11.9. The molecule has 18 heavy (non-hydrogen) atoms. The number of carbonyl (C=O) groups is 2. The highest BCUT2D eigenvalue weighted by Gasteiger charge is 2.18. The van der Waals surface area contributed by atoms with E-state index in [9.17, 15) is 9.59 Å². The molecule has 1 atom stereocenters. The van der Waals surface area contributed by atoms with Gasteiger partial charge in [-0.1, -0.05) is 0 Å². The van der Waals surface area contributed by atoms with Crippen molar-refractivity contribution in [3.8, 4) is 0 Å². The van der Waals surface area contributed by atoms with Crippen LogP contribution in [0.1, 0.15) is 17.0 Å². The number of aliphatic carboxylic acids is 1. The molecular formula is C10H15N3O4S. The summed E-state index contributed by atoms with van der Waals surface area (Å²) < 4.78 is 0. The number of nitrogens with one attached hydrogen (secondary N) is 2. The first-order chi connectivity index (χ1) is 8.54. The van der Waals surface area contributed by atoms with Crippen molar-refractivity contribution in [1.29, 1.82) is 0 Å². The molecule has 1 aromatic heterocycles. The van der Waals surface area contributed by atoms with Crippen molar-refractivity contribution in [2.75, 3.05) is 6.61 Å². The summed E-state index contributed by atoms with van der Waals surface area (Å²) in [5, 5.41) is 22.3. The Morgan fingerprint density at radius 2 is 2.28 bits per heavy atom. The Balaban J connectivity index is 2.41. The smallest absolute Gasteiger partial charge is 0.326 e. The molecule has 0 aliphatic heterocycles. The molecule has 8 heteroatoms. The molecule has 4 N–H and O–H groups in total. The lowest BCUT2D eigenvalue weighted by atomic mass is 10.2. The lowest BCUT2D eigenvalue weighted by Crippen LogP contribution is -2.46. The minimum Gasteiger partial charge on any atom is -0.480 e. The number of thiazole rings is 1. The maximum Gasteiger partial charge on any atom is 0.326 e. The quantitative estimate of drug-likeness (QED) is 0.587. The lowest BCUT2D eigenvalue weighted by Gasteiger charge is -2.13. The number of aliphatic hydroxyl groups excluding tert-OH is 1. The Labute approximate surface area is 108 Å². The first kappa shape index (κ1) is 14.4. The number of aryl methyl sites for hydroxylation is 1. The molecule has 1 heterocycles. The van der Waals surface area contributed by atoms with Gasteiger partial charge in [0.1, 0.15) is 6.04 Å². The molecule has 1 rings (SSSR count). The largest absolute Gasteiger partial charge is 0.480 e. The number of amides is 2. The monoisotopic (exact) mass is 273 g/mol. The van der Waals surface area contributed by atoms with E-state index in [0.29, 0.717) is 6.54 Å². The average molecular weight is 273 g/mol. The van der Waals surface area contributed by atoms with Crippen LogP contribution in [-0.4, -0.2) is 39.8 Å². The van der Waals surface area contributed by atoms with Gasteiger partial charge in [-0.3, -0.25) is 0 Å². The van der Waals surface area contributed by atoms with E-state index in [1.165, 1.54) is 11.3 Å². The van der Waals surface area contributed by atoms with Crippen LogP contribution in [-0.2, 0) is 11.3 Å². The summed E-state index contributed by atoms with van der Waals surface area (Å²) in [7, 11) is 0. The highest BCUT2D eigenvalue weighted by Crippen LogP contribution is 2.10. The molecule has 0 unspecified atom stereocenters. The predicted octanol–water partition coefficient (Wildman–Crippen LogP) is 0.0863. The van der Waals surface area contributed by atoms with Crippen LogP contribution in [0.4, 0.5) is 4.79 Å². The zero-order chi connectivity index (χ0) is 13.5. The summed E-state index contributed by atoms with van der Waals surface area (Å²) in [4.78, 5) is 27.2. The molecular weight excluding hydrogens is 258 g/mol. The molecule has 7 nitrogen and oxygen atoms in total. The molecule has 0 aliphatic carbocycles. The van der Waals surface area contributed by atoms with Crippen molar-refractivity contribution in [3.63, 3.8) is 0 Å². The van der Waals surface area contributed by atoms with E-state index >= 15 is 0 Å². The number of carbonyl (C=O) groups excluding carboxylic acids is 1. The van der Waals surface area contributed by atoms with Gasteiger partial charge in [0, 0.05) is 17.9 Å². The molecule has 0 fully saturated rings. The van der Waals surface area contributed by atoms with Crippen LogP contribution < -0.4 is 10.6 Å². The van der Waals surface area contributed by atoms with Gasteiger partial charge in [0.05, 0.1) is 17.7 Å². The van der Waals surface area contributed by atoms with Gasteiger partial charge in [0.2, 0.25) is 0 Å². The summed E-state index contributed by atoms with van der Waals surface area (Å²) in [6.45, 7) is 1.83.